The van der Waals surface area contributed by atoms with Crippen molar-refractivity contribution in [2.45, 2.75) is 216 Å². The van der Waals surface area contributed by atoms with Gasteiger partial charge < -0.3 is 161 Å². The van der Waals surface area contributed by atoms with Gasteiger partial charge in [0.2, 0.25) is 0 Å². The molecule has 5 aliphatic heterocycles. The van der Waals surface area contributed by atoms with E-state index in [0.717, 1.165) is 0 Å². The second kappa shape index (κ2) is 26.0. The number of nitrogens with one attached hydrogen (secondary N) is 2. The van der Waals surface area contributed by atoms with Gasteiger partial charge in [-0.15, -0.1) is 0 Å². The second-order valence-corrected chi connectivity index (χ2v) is 20.0. The van der Waals surface area contributed by atoms with Gasteiger partial charge in [-0.3, -0.25) is 0 Å². The van der Waals surface area contributed by atoms with Crippen LogP contribution in [0.2, 0.25) is 0 Å². The summed E-state index contributed by atoms with van der Waals surface area (Å²) < 4.78 is 50.9. The summed E-state index contributed by atoms with van der Waals surface area (Å²) in [6.45, 7) is -1.38. The number of hydrogen-bond acceptors (Lipinski definition) is 32. The van der Waals surface area contributed by atoms with Crippen molar-refractivity contribution in [3.8, 4) is 0 Å². The van der Waals surface area contributed by atoms with E-state index in [2.05, 4.69) is 10.6 Å². The SMILES string of the molecule is C[C@H]1O[C@H](O[C@H]2[C@H](O)[C@@H](O)[C@@H](O[C@H]3[C@H](O)[C@@H](O)[C@H](O)O[C@@H]3CO)O[C@@H]2CO)[C@H](O)[C@@H](O)[C@@H]1N[C@@H]1C=C(CO)[C@@H](O[C@H]2O[C@H](CO)[C@@H](O[C@H]3O[C@H](C)[C@@H](N[C@@H]4C=C(CO)[C@@H](O)[C@H](O)[C@H]4O)[C@H](O)[C@H]3O)[C@H](O)[C@H]2O)[C@H](O)[C@H]1O. The standard InChI is InChI=1S/C44H74N2O30/c1-10-19(45-14-3-12(5-47)21(52)26(57)22(14)53)24(55)32(63)41(68-10)74-38-17(8-50)71-43(34(65)29(38)60)73-36-13(6-48)4-15(23(54)27(36)58)46-20-11(2)69-42(33(64)25(20)56)75-39-18(9-51)72-44(35(66)30(39)61)76-37-16(7-49)70-40(67)31(62)28(37)59/h3-4,10-11,14-67H,5-9H2,1-2H3/t10-,11-,14-,15-,16-,17-,18-,19-,20-,21-,22+,23+,24+,25+,26+,27-,28-,29-,30-,31-,32-,33-,34-,35-,36-,37-,38-,39-,40-,41-,42-,43-,44-/m1/s1. The monoisotopic (exact) mass is 1110 g/mol. The molecule has 32 nitrogen and oxygen atoms in total. The molecule has 5 fully saturated rings. The van der Waals surface area contributed by atoms with Crippen molar-refractivity contribution in [2.24, 2.45) is 0 Å². The third kappa shape index (κ3) is 12.3. The molecule has 0 bridgehead atoms. The molecule has 7 aliphatic rings. The third-order valence-electron chi connectivity index (χ3n) is 15.1. The molecule has 23 N–H and O–H groups in total. The Kier molecular flexibility index (Phi) is 21.1. The molecular formula is C44H74N2O30. The first-order valence-electron chi connectivity index (χ1n) is 24.7. The molecule has 5 heterocycles. The van der Waals surface area contributed by atoms with Gasteiger partial charge in [-0.05, 0) is 25.0 Å². The topological polar surface area (TPSA) is 532 Å². The molecule has 0 saturated carbocycles. The molecule has 32 heteroatoms. The molecule has 76 heavy (non-hydrogen) atoms. The fourth-order valence-electron chi connectivity index (χ4n) is 10.5. The minimum atomic E-state index is -2.07. The number of aliphatic hydroxyl groups excluding tert-OH is 21. The molecule has 2 aliphatic carbocycles. The molecule has 0 aromatic rings. The molecule has 0 aromatic carbocycles. The van der Waals surface area contributed by atoms with E-state index in [1.54, 1.807) is 0 Å². The Balaban J connectivity index is 0.950. The zero-order valence-corrected chi connectivity index (χ0v) is 40.8. The highest BCUT2D eigenvalue weighted by atomic mass is 16.8. The first-order chi connectivity index (χ1) is 35.9. The number of hydrogen-bond donors (Lipinski definition) is 23. The molecule has 0 radical (unpaired) electrons. The van der Waals surface area contributed by atoms with Crippen LogP contribution in [0.25, 0.3) is 0 Å². The van der Waals surface area contributed by atoms with Gasteiger partial charge in [-0.1, -0.05) is 12.2 Å². The molecule has 5 saturated heterocycles. The summed E-state index contributed by atoms with van der Waals surface area (Å²) >= 11 is 0. The van der Waals surface area contributed by atoms with Gasteiger partial charge in [0.05, 0.1) is 69.4 Å². The average Bonchev–Trinajstić information content (AvgIpc) is 3.41. The Labute approximate surface area is 432 Å². The van der Waals surface area contributed by atoms with Crippen molar-refractivity contribution >= 4 is 0 Å². The third-order valence-corrected chi connectivity index (χ3v) is 15.1. The van der Waals surface area contributed by atoms with Crippen molar-refractivity contribution in [3.05, 3.63) is 23.3 Å². The lowest BCUT2D eigenvalue weighted by molar-refractivity contribution is -0.373. The van der Waals surface area contributed by atoms with Crippen molar-refractivity contribution in [3.63, 3.8) is 0 Å². The van der Waals surface area contributed by atoms with E-state index in [1.165, 1.54) is 26.0 Å². The zero-order chi connectivity index (χ0) is 55.9. The van der Waals surface area contributed by atoms with Crippen LogP contribution in [0.5, 0.6) is 0 Å². The summed E-state index contributed by atoms with van der Waals surface area (Å²) in [4.78, 5) is 0. The fraction of sp³-hybridized carbons (Fsp3) is 0.909. The van der Waals surface area contributed by atoms with Gasteiger partial charge in [0.25, 0.3) is 0 Å². The maximum atomic E-state index is 11.4. The van der Waals surface area contributed by atoms with Crippen molar-refractivity contribution in [2.75, 3.05) is 33.0 Å². The lowest BCUT2D eigenvalue weighted by atomic mass is 9.86. The van der Waals surface area contributed by atoms with Gasteiger partial charge in [0.1, 0.15) is 134 Å². The fourth-order valence-corrected chi connectivity index (χ4v) is 10.5. The zero-order valence-electron chi connectivity index (χ0n) is 40.8. The van der Waals surface area contributed by atoms with E-state index >= 15 is 0 Å². The summed E-state index contributed by atoms with van der Waals surface area (Å²) in [6.07, 6.45) is -48.4. The Hall–Kier alpha value is -1.80. The maximum Gasteiger partial charge on any atom is 0.187 e. The summed E-state index contributed by atoms with van der Waals surface area (Å²) in [6, 6.07) is -4.97. The minimum absolute atomic E-state index is 0.0200. The second-order valence-electron chi connectivity index (χ2n) is 20.0. The Morgan fingerprint density at radius 2 is 0.737 bits per heavy atom. The van der Waals surface area contributed by atoms with Crippen LogP contribution in [-0.4, -0.2) is 342 Å². The van der Waals surface area contributed by atoms with Gasteiger partial charge in [-0.25, -0.2) is 0 Å². The maximum absolute atomic E-state index is 11.4. The van der Waals surface area contributed by atoms with Crippen LogP contribution in [0, 0.1) is 0 Å². The van der Waals surface area contributed by atoms with Crippen molar-refractivity contribution < 1.29 is 150 Å². The predicted octanol–water partition coefficient (Wildman–Crippen LogP) is -13.9. The number of rotatable bonds is 17. The van der Waals surface area contributed by atoms with E-state index in [-0.39, 0.29) is 11.1 Å². The van der Waals surface area contributed by atoms with Crippen LogP contribution >= 0.6 is 0 Å². The molecule has 440 valence electrons. The van der Waals surface area contributed by atoms with Gasteiger partial charge >= 0.3 is 0 Å². The number of aliphatic hydroxyl groups is 21. The first kappa shape index (κ1) is 61.8. The van der Waals surface area contributed by atoms with Crippen LogP contribution < -0.4 is 10.6 Å². The van der Waals surface area contributed by atoms with Crippen LogP contribution in [-0.2, 0) is 42.6 Å². The molecular weight excluding hydrogens is 1040 g/mol. The summed E-state index contributed by atoms with van der Waals surface area (Å²) in [5.74, 6) is 0. The van der Waals surface area contributed by atoms with Crippen molar-refractivity contribution in [1.82, 2.24) is 10.6 Å². The highest BCUT2D eigenvalue weighted by Crippen LogP contribution is 2.36. The predicted molar refractivity (Wildman–Crippen MR) is 239 cm³/mol. The lowest BCUT2D eigenvalue weighted by Gasteiger charge is -2.49. The van der Waals surface area contributed by atoms with E-state index in [4.69, 9.17) is 42.6 Å². The van der Waals surface area contributed by atoms with Crippen LogP contribution in [0.15, 0.2) is 23.3 Å². The molecule has 0 aromatic heterocycles. The molecule has 33 atom stereocenters. The Morgan fingerprint density at radius 1 is 0.382 bits per heavy atom. The van der Waals surface area contributed by atoms with Crippen LogP contribution in [0.3, 0.4) is 0 Å². The lowest BCUT2D eigenvalue weighted by Crippen LogP contribution is -2.69. The van der Waals surface area contributed by atoms with Gasteiger partial charge in [0.15, 0.2) is 31.5 Å². The Morgan fingerprint density at radius 3 is 1.16 bits per heavy atom. The van der Waals surface area contributed by atoms with Gasteiger partial charge in [0, 0.05) is 0 Å². The Bertz CT molecular complexity index is 1910. The average molecular weight is 1110 g/mol. The molecule has 0 amide bonds. The van der Waals surface area contributed by atoms with Gasteiger partial charge in [-0.2, -0.15) is 0 Å². The normalized spacial score (nSPS) is 52.5. The van der Waals surface area contributed by atoms with E-state index in [1.807, 2.05) is 0 Å². The first-order valence-corrected chi connectivity index (χ1v) is 24.7. The van der Waals surface area contributed by atoms with E-state index in [9.17, 15) is 107 Å². The highest BCUT2D eigenvalue weighted by molar-refractivity contribution is 5.24. The smallest absolute Gasteiger partial charge is 0.187 e. The molecule has 0 unspecified atom stereocenters. The van der Waals surface area contributed by atoms with E-state index < -0.39 is 235 Å². The van der Waals surface area contributed by atoms with Crippen LogP contribution in [0.1, 0.15) is 13.8 Å². The molecule has 0 spiro atoms. The quantitative estimate of drug-likeness (QED) is 0.0601. The molecule has 7 rings (SSSR count). The summed E-state index contributed by atoms with van der Waals surface area (Å²) in [5.41, 5.74) is -0.166. The highest BCUT2D eigenvalue weighted by Gasteiger charge is 2.56. The largest absolute Gasteiger partial charge is 0.394 e. The summed E-state index contributed by atoms with van der Waals surface area (Å²) in [5, 5.41) is 229. The van der Waals surface area contributed by atoms with Crippen LogP contribution in [0.4, 0.5) is 0 Å². The van der Waals surface area contributed by atoms with E-state index in [0.29, 0.717) is 0 Å². The minimum Gasteiger partial charge on any atom is -0.394 e. The summed E-state index contributed by atoms with van der Waals surface area (Å²) in [7, 11) is 0. The van der Waals surface area contributed by atoms with Crippen molar-refractivity contribution in [1.29, 1.82) is 0 Å². The number of ether oxygens (including phenoxy) is 9.